The summed E-state index contributed by atoms with van der Waals surface area (Å²) in [6.45, 7) is 1.76. The first-order valence-corrected chi connectivity index (χ1v) is 11.3. The number of nitrogens with one attached hydrogen (secondary N) is 1. The quantitative estimate of drug-likeness (QED) is 0.608. The summed E-state index contributed by atoms with van der Waals surface area (Å²) >= 11 is 1.59. The molecule has 0 unspecified atom stereocenters. The second-order valence-corrected chi connectivity index (χ2v) is 8.92. The molecule has 2 amide bonds. The van der Waals surface area contributed by atoms with Crippen molar-refractivity contribution in [3.63, 3.8) is 0 Å². The van der Waals surface area contributed by atoms with Crippen molar-refractivity contribution < 1.29 is 19.1 Å². The summed E-state index contributed by atoms with van der Waals surface area (Å²) in [5.74, 6) is -0.132. The second-order valence-electron chi connectivity index (χ2n) is 7.88. The Kier molecular flexibility index (Phi) is 8.45. The maximum absolute atomic E-state index is 13.2. The van der Waals surface area contributed by atoms with Crippen molar-refractivity contribution in [3.05, 3.63) is 46.2 Å². The molecule has 1 fully saturated rings. The molecule has 1 N–H and O–H groups in total. The van der Waals surface area contributed by atoms with Crippen LogP contribution in [-0.4, -0.2) is 63.8 Å². The Balaban J connectivity index is 1.82. The van der Waals surface area contributed by atoms with Crippen LogP contribution < -0.4 is 10.2 Å². The summed E-state index contributed by atoms with van der Waals surface area (Å²) in [6, 6.07) is 9.72. The lowest BCUT2D eigenvalue weighted by Gasteiger charge is -2.28. The molecule has 3 rings (SSSR count). The van der Waals surface area contributed by atoms with Crippen LogP contribution in [0.25, 0.3) is 0 Å². The van der Waals surface area contributed by atoms with Crippen molar-refractivity contribution in [1.82, 2.24) is 4.90 Å². The summed E-state index contributed by atoms with van der Waals surface area (Å²) < 4.78 is 10.7. The van der Waals surface area contributed by atoms with Crippen LogP contribution in [0.1, 0.15) is 23.3 Å². The molecule has 7 nitrogen and oxygen atoms in total. The number of carbonyl (C=O) groups excluding carboxylic acids is 2. The van der Waals surface area contributed by atoms with Gasteiger partial charge in [-0.05, 0) is 48.1 Å². The molecular formula is C23H31N3O4S. The fourth-order valence-electron chi connectivity index (χ4n) is 3.72. The van der Waals surface area contributed by atoms with Crippen LogP contribution in [0.3, 0.4) is 0 Å². The average Bonchev–Trinajstić information content (AvgIpc) is 3.42. The first-order chi connectivity index (χ1) is 15.0. The average molecular weight is 446 g/mol. The van der Waals surface area contributed by atoms with E-state index in [0.29, 0.717) is 25.2 Å². The first kappa shape index (κ1) is 23.2. The molecule has 1 atom stereocenters. The van der Waals surface area contributed by atoms with Gasteiger partial charge in [0.25, 0.3) is 0 Å². The Labute approximate surface area is 187 Å². The van der Waals surface area contributed by atoms with Gasteiger partial charge in [0.2, 0.25) is 11.8 Å². The molecule has 1 aromatic heterocycles. The lowest BCUT2D eigenvalue weighted by Crippen LogP contribution is -2.38. The maximum atomic E-state index is 13.2. The van der Waals surface area contributed by atoms with Gasteiger partial charge in [-0.25, -0.2) is 0 Å². The molecule has 168 valence electrons. The number of nitrogens with zero attached hydrogens (tertiary/aromatic N) is 2. The monoisotopic (exact) mass is 445 g/mol. The number of anilines is 2. The van der Waals surface area contributed by atoms with E-state index in [-0.39, 0.29) is 24.5 Å². The van der Waals surface area contributed by atoms with Gasteiger partial charge in [-0.1, -0.05) is 6.07 Å². The number of amides is 2. The van der Waals surface area contributed by atoms with Crippen molar-refractivity contribution in [2.75, 3.05) is 51.2 Å². The first-order valence-electron chi connectivity index (χ1n) is 10.5. The lowest BCUT2D eigenvalue weighted by molar-refractivity contribution is -0.132. The summed E-state index contributed by atoms with van der Waals surface area (Å²) in [5, 5.41) is 4.84. The maximum Gasteiger partial charge on any atom is 0.250 e. The van der Waals surface area contributed by atoms with Gasteiger partial charge in [0.15, 0.2) is 0 Å². The molecule has 8 heteroatoms. The van der Waals surface area contributed by atoms with Gasteiger partial charge in [-0.15, -0.1) is 11.3 Å². The van der Waals surface area contributed by atoms with Crippen molar-refractivity contribution >= 4 is 34.5 Å². The molecule has 2 heterocycles. The van der Waals surface area contributed by atoms with E-state index in [0.717, 1.165) is 35.6 Å². The number of hydrogen-bond donors (Lipinski definition) is 1. The molecule has 2 aromatic rings. The molecule has 1 aliphatic heterocycles. The van der Waals surface area contributed by atoms with E-state index >= 15 is 0 Å². The molecule has 31 heavy (non-hydrogen) atoms. The number of thiophene rings is 1. The van der Waals surface area contributed by atoms with E-state index in [1.54, 1.807) is 11.3 Å². The number of methoxy groups -OCH3 is 1. The van der Waals surface area contributed by atoms with E-state index in [4.69, 9.17) is 9.47 Å². The third-order valence-corrected chi connectivity index (χ3v) is 6.06. The minimum Gasteiger partial charge on any atom is -0.377 e. The third-order valence-electron chi connectivity index (χ3n) is 5.19. The zero-order valence-corrected chi connectivity index (χ0v) is 19.2. The Morgan fingerprint density at radius 2 is 2.13 bits per heavy atom. The zero-order valence-electron chi connectivity index (χ0n) is 18.4. The fraction of sp³-hybridized carbons (Fsp3) is 0.478. The molecule has 1 saturated heterocycles. The molecule has 0 radical (unpaired) electrons. The van der Waals surface area contributed by atoms with E-state index in [1.165, 1.54) is 7.11 Å². The summed E-state index contributed by atoms with van der Waals surface area (Å²) in [6.07, 6.45) is 2.45. The topological polar surface area (TPSA) is 71.1 Å². The molecule has 0 aliphatic carbocycles. The van der Waals surface area contributed by atoms with Crippen molar-refractivity contribution in [1.29, 1.82) is 0 Å². The number of rotatable bonds is 10. The summed E-state index contributed by atoms with van der Waals surface area (Å²) in [7, 11) is 5.43. The number of ether oxygens (including phenoxy) is 2. The highest BCUT2D eigenvalue weighted by molar-refractivity contribution is 7.10. The largest absolute Gasteiger partial charge is 0.377 e. The predicted molar refractivity (Wildman–Crippen MR) is 124 cm³/mol. The minimum absolute atomic E-state index is 0.00475. The van der Waals surface area contributed by atoms with Crippen molar-refractivity contribution in [2.45, 2.75) is 31.9 Å². The summed E-state index contributed by atoms with van der Waals surface area (Å²) in [5.41, 5.74) is 2.66. The Bertz CT molecular complexity index is 864. The fourth-order valence-corrected chi connectivity index (χ4v) is 4.42. The summed E-state index contributed by atoms with van der Waals surface area (Å²) in [4.78, 5) is 30.1. The van der Waals surface area contributed by atoms with E-state index in [2.05, 4.69) is 5.32 Å². The predicted octanol–water partition coefficient (Wildman–Crippen LogP) is 3.15. The van der Waals surface area contributed by atoms with Gasteiger partial charge in [0, 0.05) is 57.2 Å². The molecule has 0 bridgehead atoms. The van der Waals surface area contributed by atoms with Crippen LogP contribution in [0.5, 0.6) is 0 Å². The minimum atomic E-state index is -0.212. The van der Waals surface area contributed by atoms with Gasteiger partial charge >= 0.3 is 0 Å². The highest BCUT2D eigenvalue weighted by atomic mass is 32.1. The molecule has 1 aromatic carbocycles. The van der Waals surface area contributed by atoms with Crippen LogP contribution >= 0.6 is 11.3 Å². The van der Waals surface area contributed by atoms with Gasteiger partial charge in [-0.3, -0.25) is 9.59 Å². The molecule has 0 saturated carbocycles. The number of benzene rings is 1. The highest BCUT2D eigenvalue weighted by Crippen LogP contribution is 2.26. The van der Waals surface area contributed by atoms with Gasteiger partial charge < -0.3 is 24.6 Å². The lowest BCUT2D eigenvalue weighted by atomic mass is 10.1. The number of carbonyl (C=O) groups is 2. The van der Waals surface area contributed by atoms with Crippen LogP contribution in [0.2, 0.25) is 0 Å². The third kappa shape index (κ3) is 6.78. The molecule has 0 spiro atoms. The zero-order chi connectivity index (χ0) is 22.2. The van der Waals surface area contributed by atoms with Crippen LogP contribution in [-0.2, 0) is 32.0 Å². The van der Waals surface area contributed by atoms with Crippen molar-refractivity contribution in [2.24, 2.45) is 0 Å². The Morgan fingerprint density at radius 1 is 1.29 bits per heavy atom. The SMILES string of the molecule is COCC(=O)Nc1ccc(N(C)C)c(CN(C[C@@H]2CCCO2)C(=O)Cc2cccs2)c1. The van der Waals surface area contributed by atoms with Gasteiger partial charge in [-0.2, -0.15) is 0 Å². The number of hydrogen-bond acceptors (Lipinski definition) is 6. The van der Waals surface area contributed by atoms with Crippen LogP contribution in [0, 0.1) is 0 Å². The van der Waals surface area contributed by atoms with E-state index in [9.17, 15) is 9.59 Å². The highest BCUT2D eigenvalue weighted by Gasteiger charge is 2.24. The Hall–Kier alpha value is -2.42. The van der Waals surface area contributed by atoms with Gasteiger partial charge in [0.05, 0.1) is 12.5 Å². The van der Waals surface area contributed by atoms with Crippen LogP contribution in [0.4, 0.5) is 11.4 Å². The molecule has 1 aliphatic rings. The normalized spacial score (nSPS) is 15.6. The van der Waals surface area contributed by atoms with E-state index < -0.39 is 0 Å². The van der Waals surface area contributed by atoms with E-state index in [1.807, 2.05) is 59.6 Å². The molecular weight excluding hydrogens is 414 g/mol. The smallest absolute Gasteiger partial charge is 0.250 e. The van der Waals surface area contributed by atoms with Crippen LogP contribution in [0.15, 0.2) is 35.7 Å². The second kappa shape index (κ2) is 11.3. The Morgan fingerprint density at radius 3 is 2.77 bits per heavy atom. The van der Waals surface area contributed by atoms with Gasteiger partial charge in [0.1, 0.15) is 6.61 Å². The standard InChI is InChI=1S/C23H31N3O4S/c1-25(2)21-9-8-18(24-22(27)16-29-3)12-17(21)14-26(15-19-6-4-10-30-19)23(28)13-20-7-5-11-31-20/h5,7-9,11-12,19H,4,6,10,13-16H2,1-3H3,(H,24,27)/t19-/m0/s1. The van der Waals surface area contributed by atoms with Crippen molar-refractivity contribution in [3.8, 4) is 0 Å².